The molecule has 2 aromatic rings. The minimum atomic E-state index is -0.852. The number of ketones is 1. The van der Waals surface area contributed by atoms with E-state index in [1.807, 2.05) is 0 Å². The molecule has 2 aliphatic heterocycles. The number of hydrogen-bond donors (Lipinski definition) is 1. The van der Waals surface area contributed by atoms with Crippen molar-refractivity contribution in [2.24, 2.45) is 0 Å². The summed E-state index contributed by atoms with van der Waals surface area (Å²) in [5.41, 5.74) is 0.797. The molecule has 8 heteroatoms. The fourth-order valence-electron chi connectivity index (χ4n) is 3.95. The summed E-state index contributed by atoms with van der Waals surface area (Å²) in [5.74, 6) is -1.77. The molecule has 0 aliphatic carbocycles. The third kappa shape index (κ3) is 3.57. The highest BCUT2D eigenvalue weighted by molar-refractivity contribution is 6.46. The number of rotatable bonds is 5. The molecule has 2 aromatic carbocycles. The number of aliphatic hydroxyl groups is 1. The molecule has 0 radical (unpaired) electrons. The van der Waals surface area contributed by atoms with Crippen LogP contribution in [0.1, 0.15) is 30.0 Å². The number of benzene rings is 2. The molecule has 1 N–H and O–H groups in total. The Hall–Kier alpha value is -3.52. The largest absolute Gasteiger partial charge is 0.507 e. The lowest BCUT2D eigenvalue weighted by Crippen LogP contribution is -2.36. The lowest BCUT2D eigenvalue weighted by atomic mass is 9.95. The van der Waals surface area contributed by atoms with Crippen molar-refractivity contribution in [1.29, 1.82) is 0 Å². The van der Waals surface area contributed by atoms with Crippen LogP contribution >= 0.6 is 0 Å². The normalized spacial score (nSPS) is 23.1. The van der Waals surface area contributed by atoms with E-state index < -0.39 is 22.7 Å². The fraction of sp³-hybridized carbons (Fsp3) is 0.273. The van der Waals surface area contributed by atoms with Crippen molar-refractivity contribution in [2.45, 2.75) is 25.0 Å². The number of non-ortho nitro benzene ring substituents is 1. The Balaban J connectivity index is 1.81. The summed E-state index contributed by atoms with van der Waals surface area (Å²) in [6.45, 7) is 0.804. The molecule has 0 spiro atoms. The first-order valence-corrected chi connectivity index (χ1v) is 9.67. The Morgan fingerprint density at radius 1 is 1.13 bits per heavy atom. The first kappa shape index (κ1) is 19.8. The topological polar surface area (TPSA) is 110 Å². The number of nitrogens with zero attached hydrogens (tertiary/aromatic N) is 2. The molecule has 0 unspecified atom stereocenters. The number of likely N-dealkylation sites (tertiary alicyclic amines) is 1. The molecule has 1 amide bonds. The highest BCUT2D eigenvalue weighted by atomic mass is 16.6. The molecule has 8 nitrogen and oxygen atoms in total. The van der Waals surface area contributed by atoms with Crippen molar-refractivity contribution < 1.29 is 24.4 Å². The SMILES string of the molecule is O=C1C(=O)N(C[C@@H]2CCCO2)[C@@H](c2ccc([N+](=O)[O-])cc2)/C1=C(\O)c1ccccc1. The molecule has 2 aliphatic rings. The van der Waals surface area contributed by atoms with Gasteiger partial charge in [-0.1, -0.05) is 30.3 Å². The Labute approximate surface area is 172 Å². The number of Topliss-reactive ketones (excluding diaryl/α,β-unsaturated/α-hetero) is 1. The Morgan fingerprint density at radius 3 is 2.43 bits per heavy atom. The number of carbonyl (C=O) groups is 2. The molecule has 2 heterocycles. The van der Waals surface area contributed by atoms with Gasteiger partial charge in [0.15, 0.2) is 0 Å². The van der Waals surface area contributed by atoms with Crippen LogP contribution in [0.25, 0.3) is 5.76 Å². The van der Waals surface area contributed by atoms with Crippen LogP contribution in [0.4, 0.5) is 5.69 Å². The summed E-state index contributed by atoms with van der Waals surface area (Å²) in [7, 11) is 0. The van der Waals surface area contributed by atoms with Crippen molar-refractivity contribution in [1.82, 2.24) is 4.90 Å². The third-order valence-corrected chi connectivity index (χ3v) is 5.43. The second-order valence-electron chi connectivity index (χ2n) is 7.30. The van der Waals surface area contributed by atoms with Gasteiger partial charge in [0.2, 0.25) is 0 Å². The molecule has 4 rings (SSSR count). The van der Waals surface area contributed by atoms with E-state index in [4.69, 9.17) is 4.74 Å². The second kappa shape index (κ2) is 8.08. The van der Waals surface area contributed by atoms with E-state index in [0.717, 1.165) is 12.8 Å². The monoisotopic (exact) mass is 408 g/mol. The zero-order valence-corrected chi connectivity index (χ0v) is 16.1. The van der Waals surface area contributed by atoms with Gasteiger partial charge >= 0.3 is 0 Å². The van der Waals surface area contributed by atoms with Gasteiger partial charge in [-0.2, -0.15) is 0 Å². The van der Waals surface area contributed by atoms with Crippen molar-refractivity contribution in [2.75, 3.05) is 13.2 Å². The van der Waals surface area contributed by atoms with Crippen LogP contribution in [-0.2, 0) is 14.3 Å². The predicted molar refractivity (Wildman–Crippen MR) is 108 cm³/mol. The van der Waals surface area contributed by atoms with Crippen LogP contribution in [-0.4, -0.2) is 45.9 Å². The van der Waals surface area contributed by atoms with Gasteiger partial charge in [0.05, 0.1) is 22.6 Å². The van der Waals surface area contributed by atoms with Crippen LogP contribution < -0.4 is 0 Å². The summed E-state index contributed by atoms with van der Waals surface area (Å²) in [6.07, 6.45) is 1.45. The molecule has 154 valence electrons. The number of nitro benzene ring substituents is 1. The fourth-order valence-corrected chi connectivity index (χ4v) is 3.95. The maximum atomic E-state index is 12.9. The van der Waals surface area contributed by atoms with E-state index in [0.29, 0.717) is 17.7 Å². The number of nitro groups is 1. The summed E-state index contributed by atoms with van der Waals surface area (Å²) in [6, 6.07) is 13.3. The summed E-state index contributed by atoms with van der Waals surface area (Å²) in [5, 5.41) is 21.9. The maximum Gasteiger partial charge on any atom is 0.295 e. The second-order valence-corrected chi connectivity index (χ2v) is 7.30. The Kier molecular flexibility index (Phi) is 5.33. The first-order chi connectivity index (χ1) is 14.5. The number of ether oxygens (including phenoxy) is 1. The van der Waals surface area contributed by atoms with Gasteiger partial charge in [0, 0.05) is 30.8 Å². The predicted octanol–water partition coefficient (Wildman–Crippen LogP) is 3.20. The van der Waals surface area contributed by atoms with Gasteiger partial charge in [-0.25, -0.2) is 0 Å². The molecular formula is C22H20N2O6. The first-order valence-electron chi connectivity index (χ1n) is 9.67. The minimum absolute atomic E-state index is 0.0296. The summed E-state index contributed by atoms with van der Waals surface area (Å²) < 4.78 is 5.64. The van der Waals surface area contributed by atoms with Crippen molar-refractivity contribution in [3.63, 3.8) is 0 Å². The van der Waals surface area contributed by atoms with Crippen molar-refractivity contribution in [3.05, 3.63) is 81.4 Å². The average molecular weight is 408 g/mol. The van der Waals surface area contributed by atoms with Crippen molar-refractivity contribution >= 4 is 23.1 Å². The molecule has 30 heavy (non-hydrogen) atoms. The van der Waals surface area contributed by atoms with E-state index >= 15 is 0 Å². The molecule has 0 saturated carbocycles. The van der Waals surface area contributed by atoms with Gasteiger partial charge in [-0.3, -0.25) is 19.7 Å². The standard InChI is InChI=1S/C22H20N2O6/c25-20(15-5-2-1-3-6-15)18-19(14-8-10-16(11-9-14)24(28)29)23(22(27)21(18)26)13-17-7-4-12-30-17/h1-3,5-6,8-11,17,19,25H,4,7,12-13H2/b20-18+/t17-,19-/m0/s1. The van der Waals surface area contributed by atoms with E-state index in [1.54, 1.807) is 30.3 Å². The third-order valence-electron chi connectivity index (χ3n) is 5.43. The van der Waals surface area contributed by atoms with Crippen LogP contribution in [0.15, 0.2) is 60.2 Å². The molecule has 2 saturated heterocycles. The minimum Gasteiger partial charge on any atom is -0.507 e. The number of carbonyl (C=O) groups excluding carboxylic acids is 2. The number of amides is 1. The zero-order chi connectivity index (χ0) is 21.3. The molecule has 0 aromatic heterocycles. The highest BCUT2D eigenvalue weighted by Gasteiger charge is 2.47. The zero-order valence-electron chi connectivity index (χ0n) is 16.1. The van der Waals surface area contributed by atoms with E-state index in [9.17, 15) is 24.8 Å². The van der Waals surface area contributed by atoms with E-state index in [-0.39, 0.29) is 29.7 Å². The molecular weight excluding hydrogens is 388 g/mol. The molecule has 2 atom stereocenters. The Bertz CT molecular complexity index is 1010. The van der Waals surface area contributed by atoms with Gasteiger partial charge < -0.3 is 14.7 Å². The van der Waals surface area contributed by atoms with E-state index in [2.05, 4.69) is 0 Å². The Morgan fingerprint density at radius 2 is 1.83 bits per heavy atom. The van der Waals surface area contributed by atoms with Crippen LogP contribution in [0.2, 0.25) is 0 Å². The van der Waals surface area contributed by atoms with Gasteiger partial charge in [-0.15, -0.1) is 0 Å². The molecule has 2 fully saturated rings. The molecule has 0 bridgehead atoms. The lowest BCUT2D eigenvalue weighted by Gasteiger charge is -2.27. The van der Waals surface area contributed by atoms with Gasteiger partial charge in [0.1, 0.15) is 5.76 Å². The quantitative estimate of drug-likeness (QED) is 0.267. The van der Waals surface area contributed by atoms with Gasteiger partial charge in [0.25, 0.3) is 17.4 Å². The van der Waals surface area contributed by atoms with Crippen LogP contribution in [0, 0.1) is 10.1 Å². The van der Waals surface area contributed by atoms with Crippen LogP contribution in [0.5, 0.6) is 0 Å². The number of aliphatic hydroxyl groups excluding tert-OH is 1. The lowest BCUT2D eigenvalue weighted by molar-refractivity contribution is -0.384. The van der Waals surface area contributed by atoms with E-state index in [1.165, 1.54) is 29.2 Å². The van der Waals surface area contributed by atoms with Gasteiger partial charge in [-0.05, 0) is 30.5 Å². The summed E-state index contributed by atoms with van der Waals surface area (Å²) >= 11 is 0. The smallest absolute Gasteiger partial charge is 0.295 e. The highest BCUT2D eigenvalue weighted by Crippen LogP contribution is 2.40. The average Bonchev–Trinajstić information content (AvgIpc) is 3.36. The summed E-state index contributed by atoms with van der Waals surface area (Å²) in [4.78, 5) is 37.7. The van der Waals surface area contributed by atoms with Crippen LogP contribution in [0.3, 0.4) is 0 Å². The van der Waals surface area contributed by atoms with Crippen molar-refractivity contribution in [3.8, 4) is 0 Å². The number of hydrogen-bond acceptors (Lipinski definition) is 6. The maximum absolute atomic E-state index is 12.9.